The highest BCUT2D eigenvalue weighted by atomic mass is 16.4. The molecule has 1 fully saturated rings. The average molecular weight is 272 g/mol. The molecule has 0 aliphatic heterocycles. The van der Waals surface area contributed by atoms with Gasteiger partial charge >= 0.3 is 5.97 Å². The lowest BCUT2D eigenvalue weighted by atomic mass is 9.82. The van der Waals surface area contributed by atoms with Crippen LogP contribution in [-0.4, -0.2) is 22.0 Å². The highest BCUT2D eigenvalue weighted by Crippen LogP contribution is 2.48. The zero-order valence-electron chi connectivity index (χ0n) is 11.1. The van der Waals surface area contributed by atoms with Gasteiger partial charge in [0.05, 0.1) is 11.8 Å². The first kappa shape index (κ1) is 12.8. The molecule has 0 aromatic carbocycles. The number of allylic oxidation sites excluding steroid dienone is 2. The molecule has 0 radical (unpaired) electrons. The zero-order valence-corrected chi connectivity index (χ0v) is 11.1. The van der Waals surface area contributed by atoms with Gasteiger partial charge in [-0.3, -0.25) is 14.6 Å². The largest absolute Gasteiger partial charge is 0.481 e. The number of carboxylic acids is 1. The van der Waals surface area contributed by atoms with Gasteiger partial charge in [0.2, 0.25) is 5.91 Å². The molecule has 5 heteroatoms. The molecule has 104 valence electrons. The first-order chi connectivity index (χ1) is 9.58. The van der Waals surface area contributed by atoms with E-state index >= 15 is 0 Å². The van der Waals surface area contributed by atoms with Crippen molar-refractivity contribution in [2.45, 2.75) is 13.3 Å². The van der Waals surface area contributed by atoms with Gasteiger partial charge in [-0.05, 0) is 36.8 Å². The average Bonchev–Trinajstić information content (AvgIpc) is 3.01. The third-order valence-electron chi connectivity index (χ3n) is 4.33. The summed E-state index contributed by atoms with van der Waals surface area (Å²) in [6.45, 7) is 1.86. The molecule has 2 aliphatic carbocycles. The van der Waals surface area contributed by atoms with Gasteiger partial charge in [-0.2, -0.15) is 0 Å². The number of aliphatic carboxylic acids is 1. The number of carbonyl (C=O) groups excluding carboxylic acids is 1. The third-order valence-corrected chi connectivity index (χ3v) is 4.33. The molecule has 2 N–H and O–H groups in total. The van der Waals surface area contributed by atoms with Gasteiger partial charge < -0.3 is 10.4 Å². The Morgan fingerprint density at radius 2 is 2.00 bits per heavy atom. The molecule has 0 spiro atoms. The van der Waals surface area contributed by atoms with Crippen molar-refractivity contribution in [3.63, 3.8) is 0 Å². The maximum atomic E-state index is 12.4. The summed E-state index contributed by atoms with van der Waals surface area (Å²) < 4.78 is 0. The third kappa shape index (κ3) is 1.99. The smallest absolute Gasteiger partial charge is 0.307 e. The standard InChI is InChI=1S/C15H16N2O3/c1-8-7-16-5-4-11(8)17-14(18)12-9-2-3-10(6-9)13(12)15(19)20/h2-5,7,9-10,12-13H,6H2,1H3,(H,19,20)(H,16,17,18). The Hall–Kier alpha value is -2.17. The normalized spacial score (nSPS) is 30.4. The lowest BCUT2D eigenvalue weighted by Crippen LogP contribution is -2.36. The second kappa shape index (κ2) is 4.74. The van der Waals surface area contributed by atoms with Crippen molar-refractivity contribution in [3.05, 3.63) is 36.2 Å². The van der Waals surface area contributed by atoms with Gasteiger partial charge in [-0.25, -0.2) is 0 Å². The molecule has 2 aliphatic rings. The van der Waals surface area contributed by atoms with Crippen molar-refractivity contribution in [1.29, 1.82) is 0 Å². The van der Waals surface area contributed by atoms with Gasteiger partial charge in [0.25, 0.3) is 0 Å². The van der Waals surface area contributed by atoms with E-state index < -0.39 is 17.8 Å². The van der Waals surface area contributed by atoms with Crippen LogP contribution in [0.15, 0.2) is 30.6 Å². The van der Waals surface area contributed by atoms with Crippen molar-refractivity contribution >= 4 is 17.6 Å². The van der Waals surface area contributed by atoms with Gasteiger partial charge in [0.1, 0.15) is 0 Å². The molecule has 1 heterocycles. The number of aryl methyl sites for hydroxylation is 1. The van der Waals surface area contributed by atoms with Crippen LogP contribution in [0.1, 0.15) is 12.0 Å². The number of pyridine rings is 1. The number of anilines is 1. The molecule has 4 atom stereocenters. The van der Waals surface area contributed by atoms with E-state index in [1.165, 1.54) is 0 Å². The van der Waals surface area contributed by atoms with Crippen molar-refractivity contribution in [2.75, 3.05) is 5.32 Å². The molecule has 1 saturated carbocycles. The SMILES string of the molecule is Cc1cnccc1NC(=O)C1C2C=CC(C2)C1C(=O)O. The number of nitrogens with zero attached hydrogens (tertiary/aromatic N) is 1. The van der Waals surface area contributed by atoms with Crippen LogP contribution in [0.3, 0.4) is 0 Å². The number of rotatable bonds is 3. The highest BCUT2D eigenvalue weighted by molar-refractivity contribution is 5.96. The van der Waals surface area contributed by atoms with Crippen LogP contribution in [0.2, 0.25) is 0 Å². The number of hydrogen-bond donors (Lipinski definition) is 2. The Kier molecular flexibility index (Phi) is 3.04. The summed E-state index contributed by atoms with van der Waals surface area (Å²) in [4.78, 5) is 27.8. The van der Waals surface area contributed by atoms with Crippen molar-refractivity contribution < 1.29 is 14.7 Å². The Balaban J connectivity index is 1.82. The van der Waals surface area contributed by atoms with Crippen molar-refractivity contribution in [2.24, 2.45) is 23.7 Å². The number of carboxylic acid groups (broad SMARTS) is 1. The molecular weight excluding hydrogens is 256 g/mol. The maximum absolute atomic E-state index is 12.4. The van der Waals surface area contributed by atoms with Gasteiger partial charge in [0, 0.05) is 18.1 Å². The van der Waals surface area contributed by atoms with Gasteiger partial charge in [0.15, 0.2) is 0 Å². The molecule has 0 saturated heterocycles. The summed E-state index contributed by atoms with van der Waals surface area (Å²) >= 11 is 0. The fourth-order valence-corrected chi connectivity index (χ4v) is 3.35. The fourth-order valence-electron chi connectivity index (χ4n) is 3.35. The monoisotopic (exact) mass is 272 g/mol. The number of hydrogen-bond acceptors (Lipinski definition) is 3. The van der Waals surface area contributed by atoms with Crippen LogP contribution < -0.4 is 5.32 Å². The first-order valence-corrected chi connectivity index (χ1v) is 6.70. The van der Waals surface area contributed by atoms with Gasteiger partial charge in [-0.15, -0.1) is 0 Å². The van der Waals surface area contributed by atoms with E-state index in [1.807, 2.05) is 19.1 Å². The molecule has 4 unspecified atom stereocenters. The summed E-state index contributed by atoms with van der Waals surface area (Å²) in [6, 6.07) is 1.73. The predicted molar refractivity (Wildman–Crippen MR) is 73.0 cm³/mol. The minimum Gasteiger partial charge on any atom is -0.481 e. The van der Waals surface area contributed by atoms with Crippen molar-refractivity contribution in [3.8, 4) is 0 Å². The number of fused-ring (bicyclic) bond motifs is 2. The van der Waals surface area contributed by atoms with Crippen LogP contribution in [0, 0.1) is 30.6 Å². The zero-order chi connectivity index (χ0) is 14.3. The lowest BCUT2D eigenvalue weighted by molar-refractivity contribution is -0.146. The number of amides is 1. The Bertz CT molecular complexity index is 597. The van der Waals surface area contributed by atoms with E-state index in [0.29, 0.717) is 5.69 Å². The molecular formula is C15H16N2O3. The maximum Gasteiger partial charge on any atom is 0.307 e. The Morgan fingerprint density at radius 1 is 1.30 bits per heavy atom. The minimum absolute atomic E-state index is 0.00760. The highest BCUT2D eigenvalue weighted by Gasteiger charge is 2.51. The van der Waals surface area contributed by atoms with Crippen LogP contribution in [0.25, 0.3) is 0 Å². The molecule has 2 bridgehead atoms. The topological polar surface area (TPSA) is 79.3 Å². The molecule has 1 aromatic rings. The molecule has 3 rings (SSSR count). The predicted octanol–water partition coefficient (Wildman–Crippen LogP) is 1.85. The Morgan fingerprint density at radius 3 is 2.65 bits per heavy atom. The lowest BCUT2D eigenvalue weighted by Gasteiger charge is -2.24. The summed E-state index contributed by atoms with van der Waals surface area (Å²) in [6.07, 6.45) is 7.96. The van der Waals surface area contributed by atoms with Crippen LogP contribution in [-0.2, 0) is 9.59 Å². The van der Waals surface area contributed by atoms with Crippen LogP contribution in [0.4, 0.5) is 5.69 Å². The fraction of sp³-hybridized carbons (Fsp3) is 0.400. The van der Waals surface area contributed by atoms with Crippen molar-refractivity contribution in [1.82, 2.24) is 4.98 Å². The van der Waals surface area contributed by atoms with Gasteiger partial charge in [-0.1, -0.05) is 12.2 Å². The second-order valence-electron chi connectivity index (χ2n) is 5.52. The molecule has 5 nitrogen and oxygen atoms in total. The minimum atomic E-state index is -0.881. The molecule has 1 amide bonds. The molecule has 1 aromatic heterocycles. The summed E-state index contributed by atoms with van der Waals surface area (Å²) in [5.41, 5.74) is 1.56. The second-order valence-corrected chi connectivity index (χ2v) is 5.52. The van der Waals surface area contributed by atoms with E-state index in [2.05, 4.69) is 10.3 Å². The number of aromatic nitrogens is 1. The number of nitrogens with one attached hydrogen (secondary N) is 1. The summed E-state index contributed by atoms with van der Waals surface area (Å²) in [7, 11) is 0. The van der Waals surface area contributed by atoms with E-state index in [0.717, 1.165) is 12.0 Å². The van der Waals surface area contributed by atoms with E-state index in [-0.39, 0.29) is 17.7 Å². The Labute approximate surface area is 116 Å². The summed E-state index contributed by atoms with van der Waals surface area (Å²) in [5.74, 6) is -2.13. The van der Waals surface area contributed by atoms with E-state index in [1.54, 1.807) is 18.5 Å². The van der Waals surface area contributed by atoms with E-state index in [4.69, 9.17) is 0 Å². The first-order valence-electron chi connectivity index (χ1n) is 6.70. The quantitative estimate of drug-likeness (QED) is 0.823. The van der Waals surface area contributed by atoms with E-state index in [9.17, 15) is 14.7 Å². The van der Waals surface area contributed by atoms with Crippen LogP contribution in [0.5, 0.6) is 0 Å². The summed E-state index contributed by atoms with van der Waals surface area (Å²) in [5, 5.41) is 12.2. The molecule has 20 heavy (non-hydrogen) atoms. The number of carbonyl (C=O) groups is 2. The van der Waals surface area contributed by atoms with Crippen LogP contribution >= 0.6 is 0 Å².